The Kier molecular flexibility index (Phi) is 0. The van der Waals surface area contributed by atoms with Crippen molar-refractivity contribution < 1.29 is 0 Å². The van der Waals surface area contributed by atoms with Crippen LogP contribution in [0.5, 0.6) is 0 Å². The molecule has 0 aromatic rings. The molecule has 0 aliphatic carbocycles. The molecule has 0 aliphatic rings. The molecule has 0 bridgehead atoms. The first kappa shape index (κ1) is 0. The Hall–Kier alpha value is -33.0. The minimum atomic E-state index is 0. The molecule has 0 spiro atoms. The largest absolute Gasteiger partial charge is 0 e. The van der Waals surface area contributed by atoms with Crippen LogP contribution in [0.4, 0.5) is 0 Å². The Morgan fingerprint density at radius 2 is 0.0303 bits per heavy atom. The smallest absolute Gasteiger partial charge is 0 e. The van der Waals surface area contributed by atoms with E-state index < -0.39 is 0 Å². The van der Waals surface area contributed by atoms with Gasteiger partial charge in [0, 0.05) is 0 Å². The van der Waals surface area contributed by atoms with E-state index in [4.69, 9.17) is 0 Å². The summed E-state index contributed by atoms with van der Waals surface area (Å²) in [5.41, 5.74) is 0. The van der Waals surface area contributed by atoms with E-state index in [1.165, 1.54) is 0 Å². The van der Waals surface area contributed by atoms with Crippen molar-refractivity contribution in [3.05, 3.63) is 0 Å². The van der Waals surface area contributed by atoms with Gasteiger partial charge in [-0.2, -0.15) is 0 Å². The van der Waals surface area contributed by atoms with Crippen molar-refractivity contribution in [2.75, 3.05) is 0 Å². The summed E-state index contributed by atoms with van der Waals surface area (Å²) >= 11 is 0. The van der Waals surface area contributed by atoms with Gasteiger partial charge in [-0.1, -0.05) is 0 Å². The van der Waals surface area contributed by atoms with E-state index in [0.717, 1.165) is 0 Å². The quantitative estimate of drug-likeness (QED) is 0.321. The molecular weight excluding hydrogens is 8810 g/mol. The maximum Gasteiger partial charge on any atom is 0 e. The number of rotatable bonds is 0. The van der Waals surface area contributed by atoms with Gasteiger partial charge >= 0.3 is 0 Å². The van der Waals surface area contributed by atoms with Crippen molar-refractivity contribution in [2.45, 2.75) is 0 Å². The van der Waals surface area contributed by atoms with Crippen molar-refractivity contribution in [2.24, 2.45) is 0 Å². The van der Waals surface area contributed by atoms with Crippen LogP contribution in [0.1, 0.15) is 0 Å². The zero-order valence-electron chi connectivity index (χ0n) is 23.3. The molecule has 0 heterocycles. The van der Waals surface area contributed by atoms with Crippen molar-refractivity contribution in [1.29, 1.82) is 0 Å². The molecule has 0 atom stereocenters. The van der Waals surface area contributed by atoms with Crippen LogP contribution in [0.2, 0.25) is 0 Å². The fourth-order valence-corrected chi connectivity index (χ4v) is 0. The Labute approximate surface area is 0 Å². The van der Waals surface area contributed by atoms with Crippen molar-refractivity contribution >= 4 is 0 Å². The van der Waals surface area contributed by atoms with Crippen LogP contribution in [0.15, 0.2) is 0 Å². The zero-order chi connectivity index (χ0) is 0. The first-order valence-electron chi connectivity index (χ1n) is 0. The van der Waals surface area contributed by atoms with Crippen molar-refractivity contribution in [3.63, 3.8) is 0 Å². The van der Waals surface area contributed by atoms with Crippen LogP contribution >= 0.6 is 0 Å². The molecule has 0 rings (SSSR count). The maximum atomic E-state index is 0. The summed E-state index contributed by atoms with van der Waals surface area (Å²) in [7, 11) is 0. The van der Waals surface area contributed by atoms with E-state index in [1.807, 2.05) is 0 Å². The molecule has 0 aromatic heterocycles. The topological polar surface area (TPSA) is 0 Å². The van der Waals surface area contributed by atoms with Gasteiger partial charge in [-0.3, -0.25) is 0 Å². The van der Waals surface area contributed by atoms with Crippen molar-refractivity contribution in [1.82, 2.24) is 0 Å². The van der Waals surface area contributed by atoms with E-state index >= 15 is 0 Å². The number of hydrogen-bond donors (Lipinski definition) is 0. The summed E-state index contributed by atoms with van der Waals surface area (Å²) < 4.78 is 0. The standard InChI is InChI=1S/33Rf. The van der Waals surface area contributed by atoms with Gasteiger partial charge in [0.05, 0.1) is 0 Å². The monoisotopic (exact) mass is 8820 g/mol. The van der Waals surface area contributed by atoms with Gasteiger partial charge in [0.15, 0.2) is 0 Å². The minimum Gasteiger partial charge on any atom is 0 e. The Morgan fingerprint density at radius 1 is 0.0303 bits per heavy atom. The summed E-state index contributed by atoms with van der Waals surface area (Å²) in [6.07, 6.45) is 0. The number of hydrogen-bond acceptors (Lipinski definition) is 0. The molecule has 0 aliphatic heterocycles. The fraction of sp³-hybridized carbons (Fsp3) is 0. The Balaban J connectivity index is 0. The Bertz CT molecular complexity index is 0. The first-order valence-corrected chi connectivity index (χ1v) is 0. The molecule has 0 radical (unpaired) electrons. The zero-order valence-corrected chi connectivity index (χ0v) is 235. The molecule has 0 unspecified atom stereocenters. The average molecular weight is 8810 g/mol. The molecular formula is Rf33. The van der Waals surface area contributed by atoms with Gasteiger partial charge in [-0.05, 0) is 0 Å². The summed E-state index contributed by atoms with van der Waals surface area (Å²) in [6, 6.07) is 0. The molecule has 0 fully saturated rings. The predicted octanol–water partition coefficient (Wildman–Crippen LogP) is 0. The van der Waals surface area contributed by atoms with Gasteiger partial charge in [0.1, 0.15) is 0 Å². The molecule has 66 valence electrons. The third-order valence-electron chi connectivity index (χ3n) is 0. The van der Waals surface area contributed by atoms with E-state index in [9.17, 15) is 0 Å². The molecule has 0 saturated carbocycles. The van der Waals surface area contributed by atoms with Gasteiger partial charge in [0.2, 0.25) is 0 Å². The van der Waals surface area contributed by atoms with Crippen LogP contribution in [-0.2, 0) is 0 Å². The molecule has 0 amide bonds. The average Bonchev–Trinajstić information content (AvgIpc) is 0. The second kappa shape index (κ2) is -0.00367. The summed E-state index contributed by atoms with van der Waals surface area (Å²) in [6.45, 7) is 0. The minimum absolute atomic E-state index is 0. The van der Waals surface area contributed by atoms with Crippen molar-refractivity contribution in [3.8, 4) is 0 Å². The molecule has 0 nitrogen and oxygen atoms in total. The fourth-order valence-electron chi connectivity index (χ4n) is 0. The third kappa shape index (κ3) is -0.00826. The second-order valence-corrected chi connectivity index (χ2v) is 0. The third-order valence-corrected chi connectivity index (χ3v) is 0. The molecule has 33 heteroatoms. The van der Waals surface area contributed by atoms with Crippen LogP contribution in [-0.4, -0.2) is 0 Å². The van der Waals surface area contributed by atoms with Gasteiger partial charge < -0.3 is 0 Å². The van der Waals surface area contributed by atoms with Crippen LogP contribution in [0.3, 0.4) is 0 Å². The van der Waals surface area contributed by atoms with E-state index in [-0.39, 0.29) is 0 Å². The summed E-state index contributed by atoms with van der Waals surface area (Å²) in [5, 5.41) is 0. The van der Waals surface area contributed by atoms with Gasteiger partial charge in [-0.15, -0.1) is 0 Å². The van der Waals surface area contributed by atoms with Gasteiger partial charge in [-0.25, -0.2) is 0 Å². The van der Waals surface area contributed by atoms with Crippen LogP contribution in [0, 0.1) is 0 Å². The van der Waals surface area contributed by atoms with E-state index in [0.29, 0.717) is 0 Å². The first-order chi connectivity index (χ1) is 0. The predicted molar refractivity (Wildman–Crippen MR) is 0 cm³/mol. The second-order valence-electron chi connectivity index (χ2n) is 0. The molecule has 0 N–H and O–H groups in total. The Morgan fingerprint density at radius 3 is 0.0303 bits per heavy atom. The molecule has 33 heavy (non-hydrogen) atoms. The van der Waals surface area contributed by atoms with E-state index in [2.05, 4.69) is 0 Å². The SMILES string of the molecule is [Rf].[Rf].[Rf].[Rf].[Rf].[Rf].[Rf].[Rf].[Rf].[Rf].[Rf].[Rf].[Rf].[Rf].[Rf].[Rf].[Rf].[Rf].[Rf].[Rf].[Rf].[Rf].[Rf].[Rf].[Rf].[Rf].[Rf].[Rf].[Rf].[Rf].[Rf].[Rf].[Rf]. The summed E-state index contributed by atoms with van der Waals surface area (Å²) in [4.78, 5) is 0. The molecule has 0 aromatic carbocycles. The summed E-state index contributed by atoms with van der Waals surface area (Å²) in [5.74, 6) is 0. The normalized spacial score (nSPS) is 0. The van der Waals surface area contributed by atoms with Crippen LogP contribution in [0.25, 0.3) is 0 Å². The van der Waals surface area contributed by atoms with Gasteiger partial charge in [0.25, 0.3) is 0 Å². The van der Waals surface area contributed by atoms with Crippen LogP contribution < -0.4 is 0 Å². The maximum absolute atomic E-state index is 0. The molecule has 0 saturated heterocycles. The van der Waals surface area contributed by atoms with E-state index in [1.54, 1.807) is 0 Å².